The largest absolute Gasteiger partial charge is 0.496 e. The van der Waals surface area contributed by atoms with E-state index in [1.165, 1.54) is 6.08 Å². The molecule has 0 atom stereocenters. The SMILES string of the molecule is COc1ccc(C(=O)NNC(=S)NC(=O)/C=C/c2cccc3ccccc23)cc1I. The van der Waals surface area contributed by atoms with Gasteiger partial charge < -0.3 is 4.74 Å². The Labute approximate surface area is 192 Å². The maximum absolute atomic E-state index is 12.2. The zero-order chi connectivity index (χ0) is 21.5. The minimum Gasteiger partial charge on any atom is -0.496 e. The van der Waals surface area contributed by atoms with Gasteiger partial charge in [-0.3, -0.25) is 25.8 Å². The molecule has 0 saturated carbocycles. The number of ether oxygens (including phenoxy) is 1. The Morgan fingerprint density at radius 2 is 1.80 bits per heavy atom. The highest BCUT2D eigenvalue weighted by molar-refractivity contribution is 14.1. The number of halogens is 1. The smallest absolute Gasteiger partial charge is 0.269 e. The Morgan fingerprint density at radius 3 is 2.57 bits per heavy atom. The van der Waals surface area contributed by atoms with Gasteiger partial charge in [-0.15, -0.1) is 0 Å². The van der Waals surface area contributed by atoms with Crippen molar-refractivity contribution in [3.05, 3.63) is 81.4 Å². The third-order valence-corrected chi connectivity index (χ3v) is 5.23. The van der Waals surface area contributed by atoms with Gasteiger partial charge in [0, 0.05) is 11.6 Å². The average molecular weight is 531 g/mol. The third-order valence-electron chi connectivity index (χ3n) is 4.18. The molecule has 0 saturated heterocycles. The van der Waals surface area contributed by atoms with Crippen molar-refractivity contribution in [3.63, 3.8) is 0 Å². The summed E-state index contributed by atoms with van der Waals surface area (Å²) in [5.74, 6) is -0.118. The Bertz CT molecular complexity index is 1140. The molecule has 3 rings (SSSR count). The number of nitrogens with one attached hydrogen (secondary N) is 3. The van der Waals surface area contributed by atoms with Crippen LogP contribution in [0.4, 0.5) is 0 Å². The topological polar surface area (TPSA) is 79.5 Å². The highest BCUT2D eigenvalue weighted by atomic mass is 127. The molecule has 0 aliphatic heterocycles. The molecule has 2 amide bonds. The summed E-state index contributed by atoms with van der Waals surface area (Å²) in [5, 5.41) is 4.62. The maximum Gasteiger partial charge on any atom is 0.269 e. The standard InChI is InChI=1S/C22H18IN3O3S/c1-29-19-11-9-16(13-18(19)23)21(28)25-26-22(30)24-20(27)12-10-15-7-4-6-14-5-2-3-8-17(14)15/h2-13H,1H3,(H,25,28)(H2,24,26,27,30)/b12-10+. The van der Waals surface area contributed by atoms with Crippen LogP contribution in [0.2, 0.25) is 0 Å². The van der Waals surface area contributed by atoms with Crippen LogP contribution in [-0.2, 0) is 4.79 Å². The molecule has 0 aliphatic carbocycles. The quantitative estimate of drug-likeness (QED) is 0.207. The summed E-state index contributed by atoms with van der Waals surface area (Å²) in [7, 11) is 1.56. The molecule has 30 heavy (non-hydrogen) atoms. The van der Waals surface area contributed by atoms with Crippen molar-refractivity contribution < 1.29 is 14.3 Å². The van der Waals surface area contributed by atoms with Gasteiger partial charge in [-0.25, -0.2) is 0 Å². The van der Waals surface area contributed by atoms with Gasteiger partial charge in [-0.1, -0.05) is 42.5 Å². The highest BCUT2D eigenvalue weighted by Crippen LogP contribution is 2.21. The second-order valence-electron chi connectivity index (χ2n) is 6.15. The molecule has 152 valence electrons. The van der Waals surface area contributed by atoms with Crippen molar-refractivity contribution >= 4 is 68.6 Å². The van der Waals surface area contributed by atoms with E-state index in [1.54, 1.807) is 31.4 Å². The van der Waals surface area contributed by atoms with E-state index < -0.39 is 11.8 Å². The number of hydrazine groups is 1. The first-order valence-electron chi connectivity index (χ1n) is 8.88. The third kappa shape index (κ3) is 5.55. The number of fused-ring (bicyclic) bond motifs is 1. The number of thiocarbonyl (C=S) groups is 1. The van der Waals surface area contributed by atoms with Gasteiger partial charge in [0.25, 0.3) is 5.91 Å². The molecule has 0 aliphatic rings. The minimum absolute atomic E-state index is 0.0147. The van der Waals surface area contributed by atoms with Crippen LogP contribution in [-0.4, -0.2) is 24.0 Å². The molecule has 0 unspecified atom stereocenters. The van der Waals surface area contributed by atoms with Crippen molar-refractivity contribution in [1.82, 2.24) is 16.2 Å². The molecule has 8 heteroatoms. The van der Waals surface area contributed by atoms with Gasteiger partial charge in [0.05, 0.1) is 10.7 Å². The van der Waals surface area contributed by atoms with E-state index in [4.69, 9.17) is 17.0 Å². The van der Waals surface area contributed by atoms with Crippen LogP contribution in [0, 0.1) is 3.57 Å². The predicted molar refractivity (Wildman–Crippen MR) is 130 cm³/mol. The van der Waals surface area contributed by atoms with E-state index in [9.17, 15) is 9.59 Å². The normalized spacial score (nSPS) is 10.6. The lowest BCUT2D eigenvalue weighted by atomic mass is 10.0. The summed E-state index contributed by atoms with van der Waals surface area (Å²) >= 11 is 7.14. The van der Waals surface area contributed by atoms with E-state index in [-0.39, 0.29) is 5.11 Å². The Morgan fingerprint density at radius 1 is 1.03 bits per heavy atom. The molecule has 3 N–H and O–H groups in total. The monoisotopic (exact) mass is 531 g/mol. The second kappa shape index (κ2) is 10.2. The maximum atomic E-state index is 12.2. The van der Waals surface area contributed by atoms with Crippen molar-refractivity contribution in [2.75, 3.05) is 7.11 Å². The minimum atomic E-state index is -0.409. The molecular formula is C22H18IN3O3S. The molecule has 0 bridgehead atoms. The van der Waals surface area contributed by atoms with Gasteiger partial charge in [-0.2, -0.15) is 0 Å². The second-order valence-corrected chi connectivity index (χ2v) is 7.72. The van der Waals surface area contributed by atoms with E-state index >= 15 is 0 Å². The summed E-state index contributed by atoms with van der Waals surface area (Å²) < 4.78 is 5.97. The van der Waals surface area contributed by atoms with Crippen molar-refractivity contribution in [2.45, 2.75) is 0 Å². The fourth-order valence-electron chi connectivity index (χ4n) is 2.74. The molecule has 0 heterocycles. The highest BCUT2D eigenvalue weighted by Gasteiger charge is 2.09. The molecular weight excluding hydrogens is 513 g/mol. The van der Waals surface area contributed by atoms with E-state index in [2.05, 4.69) is 38.8 Å². The first-order valence-corrected chi connectivity index (χ1v) is 10.4. The summed E-state index contributed by atoms with van der Waals surface area (Å²) in [4.78, 5) is 24.4. The molecule has 0 fully saturated rings. The Kier molecular flexibility index (Phi) is 7.36. The molecule has 0 aromatic heterocycles. The summed E-state index contributed by atoms with van der Waals surface area (Å²) in [5.41, 5.74) is 6.32. The van der Waals surface area contributed by atoms with Crippen molar-refractivity contribution in [3.8, 4) is 5.75 Å². The van der Waals surface area contributed by atoms with Gasteiger partial charge in [0.15, 0.2) is 5.11 Å². The lowest BCUT2D eigenvalue weighted by molar-refractivity contribution is -0.115. The van der Waals surface area contributed by atoms with Gasteiger partial charge in [-0.05, 0) is 75.4 Å². The molecule has 0 spiro atoms. The van der Waals surface area contributed by atoms with E-state index in [0.717, 1.165) is 19.9 Å². The number of benzene rings is 3. The average Bonchev–Trinajstić information content (AvgIpc) is 2.76. The first kappa shape index (κ1) is 21.7. The molecule has 3 aromatic rings. The zero-order valence-corrected chi connectivity index (χ0v) is 18.9. The van der Waals surface area contributed by atoms with Crippen LogP contribution < -0.4 is 20.9 Å². The van der Waals surface area contributed by atoms with Crippen LogP contribution in [0.25, 0.3) is 16.8 Å². The zero-order valence-electron chi connectivity index (χ0n) is 15.9. The number of rotatable bonds is 4. The summed E-state index contributed by atoms with van der Waals surface area (Å²) in [6.07, 6.45) is 3.11. The summed E-state index contributed by atoms with van der Waals surface area (Å²) in [6, 6.07) is 18.8. The van der Waals surface area contributed by atoms with Crippen LogP contribution in [0.15, 0.2) is 66.7 Å². The molecule has 0 radical (unpaired) electrons. The summed E-state index contributed by atoms with van der Waals surface area (Å²) in [6.45, 7) is 0. The lowest BCUT2D eigenvalue weighted by Gasteiger charge is -2.10. The van der Waals surface area contributed by atoms with Gasteiger partial charge in [0.2, 0.25) is 5.91 Å². The first-order chi connectivity index (χ1) is 14.5. The van der Waals surface area contributed by atoms with Crippen LogP contribution in [0.5, 0.6) is 5.75 Å². The number of hydrogen-bond acceptors (Lipinski definition) is 4. The fraction of sp³-hybridized carbons (Fsp3) is 0.0455. The number of hydrogen-bond donors (Lipinski definition) is 3. The molecule has 6 nitrogen and oxygen atoms in total. The Balaban J connectivity index is 1.54. The van der Waals surface area contributed by atoms with Crippen LogP contribution in [0.1, 0.15) is 15.9 Å². The number of carbonyl (C=O) groups excluding carboxylic acids is 2. The van der Waals surface area contributed by atoms with Gasteiger partial charge >= 0.3 is 0 Å². The lowest BCUT2D eigenvalue weighted by Crippen LogP contribution is -2.48. The van der Waals surface area contributed by atoms with Crippen molar-refractivity contribution in [2.24, 2.45) is 0 Å². The number of carbonyl (C=O) groups is 2. The Hall–Kier alpha value is -2.98. The van der Waals surface area contributed by atoms with Gasteiger partial charge in [0.1, 0.15) is 5.75 Å². The van der Waals surface area contributed by atoms with E-state index in [1.807, 2.05) is 42.5 Å². The molecule has 3 aromatic carbocycles. The fourth-order valence-corrected chi connectivity index (χ4v) is 3.63. The number of amides is 2. The van der Waals surface area contributed by atoms with Crippen molar-refractivity contribution in [1.29, 1.82) is 0 Å². The van der Waals surface area contributed by atoms with Crippen LogP contribution in [0.3, 0.4) is 0 Å². The van der Waals surface area contributed by atoms with Crippen LogP contribution >= 0.6 is 34.8 Å². The predicted octanol–water partition coefficient (Wildman–Crippen LogP) is 3.80. The van der Waals surface area contributed by atoms with E-state index in [0.29, 0.717) is 11.3 Å². The number of methoxy groups -OCH3 is 1.